The third kappa shape index (κ3) is 2.53. The molecule has 0 aromatic heterocycles. The van der Waals surface area contributed by atoms with Crippen molar-refractivity contribution in [3.05, 3.63) is 59.7 Å². The zero-order valence-corrected chi connectivity index (χ0v) is 19.6. The van der Waals surface area contributed by atoms with Gasteiger partial charge in [-0.1, -0.05) is 24.3 Å². The molecule has 0 N–H and O–H groups in total. The molecular weight excluding hydrogens is 392 g/mol. The Balaban J connectivity index is 1.19. The minimum absolute atomic E-state index is 0.449. The predicted molar refractivity (Wildman–Crippen MR) is 127 cm³/mol. The molecule has 8 bridgehead atoms. The molecule has 2 aromatic carbocycles. The predicted octanol–water partition coefficient (Wildman–Crippen LogP) is 6.77. The Morgan fingerprint density at radius 3 is 1.06 bits per heavy atom. The maximum absolute atomic E-state index is 5.73. The summed E-state index contributed by atoms with van der Waals surface area (Å²) in [5, 5.41) is 0. The summed E-state index contributed by atoms with van der Waals surface area (Å²) < 4.78 is 11.5. The minimum Gasteiger partial charge on any atom is -0.494 e. The highest BCUT2D eigenvalue weighted by molar-refractivity contribution is 5.40. The van der Waals surface area contributed by atoms with Gasteiger partial charge in [-0.15, -0.1) is 0 Å². The summed E-state index contributed by atoms with van der Waals surface area (Å²) in [6, 6.07) is 18.5. The van der Waals surface area contributed by atoms with E-state index in [9.17, 15) is 0 Å². The molecular formula is C30H36O2. The van der Waals surface area contributed by atoms with Gasteiger partial charge in [0.15, 0.2) is 0 Å². The first-order valence-corrected chi connectivity index (χ1v) is 13.1. The lowest BCUT2D eigenvalue weighted by atomic mass is 9.29. The topological polar surface area (TPSA) is 18.5 Å². The lowest BCUT2D eigenvalue weighted by Gasteiger charge is -2.75. The molecule has 0 radical (unpaired) electrons. The summed E-state index contributed by atoms with van der Waals surface area (Å²) in [5.74, 6) is 7.84. The average molecular weight is 429 g/mol. The zero-order valence-electron chi connectivity index (χ0n) is 19.6. The van der Waals surface area contributed by atoms with Crippen molar-refractivity contribution in [3.63, 3.8) is 0 Å². The van der Waals surface area contributed by atoms with Crippen LogP contribution in [0.4, 0.5) is 0 Å². The minimum atomic E-state index is 0.449. The summed E-state index contributed by atoms with van der Waals surface area (Å²) >= 11 is 0. The third-order valence-corrected chi connectivity index (χ3v) is 10.6. The molecule has 0 saturated heterocycles. The quantitative estimate of drug-likeness (QED) is 0.506. The first-order chi connectivity index (χ1) is 15.6. The molecule has 32 heavy (non-hydrogen) atoms. The first-order valence-electron chi connectivity index (χ1n) is 13.1. The van der Waals surface area contributed by atoms with Gasteiger partial charge in [-0.25, -0.2) is 0 Å². The van der Waals surface area contributed by atoms with Crippen molar-refractivity contribution in [2.24, 2.45) is 35.5 Å². The van der Waals surface area contributed by atoms with Crippen molar-refractivity contribution in [1.29, 1.82) is 0 Å². The Hall–Kier alpha value is -1.96. The Morgan fingerprint density at radius 2 is 0.812 bits per heavy atom. The number of hydrogen-bond donors (Lipinski definition) is 0. The highest BCUT2D eigenvalue weighted by Crippen LogP contribution is 2.77. The second-order valence-corrected chi connectivity index (χ2v) is 11.7. The van der Waals surface area contributed by atoms with Gasteiger partial charge in [0, 0.05) is 0 Å². The molecule has 9 rings (SSSR count). The van der Waals surface area contributed by atoms with Crippen LogP contribution in [0.2, 0.25) is 0 Å². The van der Waals surface area contributed by atoms with Crippen LogP contribution in [0, 0.1) is 35.5 Å². The molecule has 7 fully saturated rings. The van der Waals surface area contributed by atoms with Gasteiger partial charge in [-0.3, -0.25) is 0 Å². The van der Waals surface area contributed by atoms with Gasteiger partial charge < -0.3 is 9.47 Å². The summed E-state index contributed by atoms with van der Waals surface area (Å²) in [5.41, 5.74) is 4.11. The van der Waals surface area contributed by atoms with Gasteiger partial charge in [0.2, 0.25) is 0 Å². The normalized spacial score (nSPS) is 42.4. The van der Waals surface area contributed by atoms with Crippen molar-refractivity contribution >= 4 is 0 Å². The van der Waals surface area contributed by atoms with Gasteiger partial charge >= 0.3 is 0 Å². The van der Waals surface area contributed by atoms with E-state index in [-0.39, 0.29) is 0 Å². The fourth-order valence-corrected chi connectivity index (χ4v) is 9.78. The molecule has 0 spiro atoms. The smallest absolute Gasteiger partial charge is 0.119 e. The van der Waals surface area contributed by atoms with Crippen LogP contribution in [-0.2, 0) is 10.8 Å². The lowest BCUT2D eigenvalue weighted by molar-refractivity contribution is -0.221. The van der Waals surface area contributed by atoms with Crippen molar-refractivity contribution in [2.75, 3.05) is 13.2 Å². The zero-order chi connectivity index (χ0) is 21.5. The maximum atomic E-state index is 5.73. The third-order valence-electron chi connectivity index (χ3n) is 10.6. The molecule has 0 heterocycles. The van der Waals surface area contributed by atoms with Crippen molar-refractivity contribution in [2.45, 2.75) is 63.2 Å². The second kappa shape index (κ2) is 6.78. The molecule has 0 amide bonds. The van der Waals surface area contributed by atoms with Crippen LogP contribution in [-0.4, -0.2) is 13.2 Å². The first kappa shape index (κ1) is 19.5. The van der Waals surface area contributed by atoms with Gasteiger partial charge in [-0.2, -0.15) is 0 Å². The van der Waals surface area contributed by atoms with E-state index in [1.54, 1.807) is 11.1 Å². The van der Waals surface area contributed by atoms with Crippen LogP contribution in [0.3, 0.4) is 0 Å². The molecule has 7 aliphatic rings. The van der Waals surface area contributed by atoms with Crippen molar-refractivity contribution in [3.8, 4) is 11.5 Å². The summed E-state index contributed by atoms with van der Waals surface area (Å²) in [6.07, 6.45) is 8.64. The summed E-state index contributed by atoms with van der Waals surface area (Å²) in [7, 11) is 0. The number of ether oxygens (including phenoxy) is 2. The second-order valence-electron chi connectivity index (χ2n) is 11.7. The SMILES string of the molecule is CCOc1ccc(C23CC4C5CC6(c7ccc(OCC)cc7)C[C@H]4C(C2)[C@H](C6)C5C3)cc1. The average Bonchev–Trinajstić information content (AvgIpc) is 2.83. The number of benzene rings is 2. The lowest BCUT2D eigenvalue weighted by Crippen LogP contribution is -2.69. The monoisotopic (exact) mass is 428 g/mol. The number of rotatable bonds is 6. The molecule has 2 heteroatoms. The Kier molecular flexibility index (Phi) is 4.13. The van der Waals surface area contributed by atoms with Crippen molar-refractivity contribution < 1.29 is 9.47 Å². The molecule has 2 aromatic rings. The Bertz CT molecular complexity index is 858. The van der Waals surface area contributed by atoms with E-state index in [1.807, 2.05) is 0 Å². The van der Waals surface area contributed by atoms with E-state index in [4.69, 9.17) is 9.47 Å². The standard InChI is InChI=1S/C30H36O2/c1-3-31-21-9-5-19(6-10-21)29-13-23-26-16-30(20-7-11-22(12-8-20)32-4-2)17-27(23)25(15-29)28(18-30)24(26)14-29/h5-12,23-28H,3-4,13-18H2,1-2H3/t23-,24-,25?,26?,27?,28?,29?,30?/m0/s1. The highest BCUT2D eigenvalue weighted by atomic mass is 16.5. The largest absolute Gasteiger partial charge is 0.494 e. The van der Waals surface area contributed by atoms with E-state index >= 15 is 0 Å². The summed E-state index contributed by atoms with van der Waals surface area (Å²) in [4.78, 5) is 0. The maximum Gasteiger partial charge on any atom is 0.119 e. The molecule has 0 atom stereocenters. The van der Waals surface area contributed by atoms with Crippen LogP contribution in [0.5, 0.6) is 11.5 Å². The molecule has 0 unspecified atom stereocenters. The van der Waals surface area contributed by atoms with Gasteiger partial charge in [0.25, 0.3) is 0 Å². The van der Waals surface area contributed by atoms with Gasteiger partial charge in [0.05, 0.1) is 13.2 Å². The number of hydrogen-bond acceptors (Lipinski definition) is 2. The van der Waals surface area contributed by atoms with E-state index in [1.165, 1.54) is 38.5 Å². The van der Waals surface area contributed by atoms with Crippen LogP contribution in [0.1, 0.15) is 63.5 Å². The molecule has 7 aliphatic carbocycles. The van der Waals surface area contributed by atoms with E-state index in [2.05, 4.69) is 62.4 Å². The molecule has 168 valence electrons. The van der Waals surface area contributed by atoms with Gasteiger partial charge in [0.1, 0.15) is 11.5 Å². The van der Waals surface area contributed by atoms with Crippen LogP contribution >= 0.6 is 0 Å². The molecule has 7 saturated carbocycles. The van der Waals surface area contributed by atoms with E-state index < -0.39 is 0 Å². The van der Waals surface area contributed by atoms with E-state index in [0.29, 0.717) is 10.8 Å². The van der Waals surface area contributed by atoms with E-state index in [0.717, 1.165) is 60.2 Å². The molecule has 0 aliphatic heterocycles. The molecule has 2 nitrogen and oxygen atoms in total. The van der Waals surface area contributed by atoms with Crippen LogP contribution in [0.15, 0.2) is 48.5 Å². The van der Waals surface area contributed by atoms with Crippen LogP contribution < -0.4 is 9.47 Å². The fraction of sp³-hybridized carbons (Fsp3) is 0.600. The highest BCUT2D eigenvalue weighted by Gasteiger charge is 2.70. The Morgan fingerprint density at radius 1 is 0.531 bits per heavy atom. The fourth-order valence-electron chi connectivity index (χ4n) is 9.78. The Labute approximate surface area is 192 Å². The van der Waals surface area contributed by atoms with Gasteiger partial charge in [-0.05, 0) is 134 Å². The van der Waals surface area contributed by atoms with Crippen LogP contribution in [0.25, 0.3) is 0 Å². The van der Waals surface area contributed by atoms with Crippen molar-refractivity contribution in [1.82, 2.24) is 0 Å². The summed E-state index contributed by atoms with van der Waals surface area (Å²) in [6.45, 7) is 5.63.